The van der Waals surface area contributed by atoms with Gasteiger partial charge in [-0.2, -0.15) is 0 Å². The number of allylic oxidation sites excluding steroid dienone is 1. The van der Waals surface area contributed by atoms with E-state index in [1.54, 1.807) is 11.1 Å². The Balaban J connectivity index is 1.49. The molecule has 0 saturated carbocycles. The summed E-state index contributed by atoms with van der Waals surface area (Å²) in [7, 11) is 0. The molecular formula is C62H72. The zero-order valence-electron chi connectivity index (χ0n) is 41.4. The minimum atomic E-state index is -0.00599. The topological polar surface area (TPSA) is 0 Å². The van der Waals surface area contributed by atoms with E-state index in [4.69, 9.17) is 0 Å². The second-order valence-electron chi connectivity index (χ2n) is 24.3. The van der Waals surface area contributed by atoms with E-state index in [1.165, 1.54) is 116 Å². The van der Waals surface area contributed by atoms with Crippen molar-refractivity contribution in [3.8, 4) is 22.3 Å². The zero-order chi connectivity index (χ0) is 44.9. The lowest BCUT2D eigenvalue weighted by Gasteiger charge is -2.44. The van der Waals surface area contributed by atoms with E-state index in [2.05, 4.69) is 203 Å². The first-order valence-electron chi connectivity index (χ1n) is 23.6. The predicted molar refractivity (Wildman–Crippen MR) is 270 cm³/mol. The van der Waals surface area contributed by atoms with Crippen LogP contribution in [0.1, 0.15) is 196 Å². The molecule has 0 aliphatic heterocycles. The van der Waals surface area contributed by atoms with Gasteiger partial charge in [0.1, 0.15) is 0 Å². The summed E-state index contributed by atoms with van der Waals surface area (Å²) in [6.45, 7) is 42.8. The highest BCUT2D eigenvalue weighted by Crippen LogP contribution is 2.61. The molecule has 3 aliphatic carbocycles. The van der Waals surface area contributed by atoms with Gasteiger partial charge in [0.15, 0.2) is 0 Å². The zero-order valence-corrected chi connectivity index (χ0v) is 41.4. The number of benzene rings is 6. The maximum absolute atomic E-state index is 2.77. The number of hydrogen-bond acceptors (Lipinski definition) is 0. The van der Waals surface area contributed by atoms with Crippen molar-refractivity contribution in [1.82, 2.24) is 0 Å². The maximum atomic E-state index is 2.77. The van der Waals surface area contributed by atoms with Crippen molar-refractivity contribution >= 4 is 16.8 Å². The van der Waals surface area contributed by atoms with Crippen LogP contribution < -0.4 is 0 Å². The predicted octanol–water partition coefficient (Wildman–Crippen LogP) is 17.5. The normalized spacial score (nSPS) is 18.4. The fourth-order valence-electron chi connectivity index (χ4n) is 12.1. The lowest BCUT2D eigenvalue weighted by Crippen LogP contribution is -2.28. The van der Waals surface area contributed by atoms with E-state index >= 15 is 0 Å². The summed E-state index contributed by atoms with van der Waals surface area (Å²) in [4.78, 5) is 0. The van der Waals surface area contributed by atoms with Gasteiger partial charge in [-0.25, -0.2) is 0 Å². The van der Waals surface area contributed by atoms with Gasteiger partial charge in [0.2, 0.25) is 0 Å². The quantitative estimate of drug-likeness (QED) is 0.163. The van der Waals surface area contributed by atoms with E-state index in [0.29, 0.717) is 5.92 Å². The fraction of sp³-hybridized carbons (Fsp3) is 0.419. The summed E-state index contributed by atoms with van der Waals surface area (Å²) in [5, 5.41) is 2.81. The molecule has 0 N–H and O–H groups in total. The second-order valence-corrected chi connectivity index (χ2v) is 24.3. The Kier molecular flexibility index (Phi) is 9.56. The number of fused-ring (bicyclic) bond motifs is 4. The Morgan fingerprint density at radius 3 is 1.42 bits per heavy atom. The van der Waals surface area contributed by atoms with Crippen molar-refractivity contribution in [3.05, 3.63) is 167 Å². The first-order valence-corrected chi connectivity index (χ1v) is 23.6. The average Bonchev–Trinajstić information content (AvgIpc) is 3.13. The first-order chi connectivity index (χ1) is 28.7. The molecule has 3 atom stereocenters. The summed E-state index contributed by atoms with van der Waals surface area (Å²) in [6.07, 6.45) is 3.66. The molecule has 62 heavy (non-hydrogen) atoms. The van der Waals surface area contributed by atoms with Crippen molar-refractivity contribution < 1.29 is 0 Å². The number of aryl methyl sites for hydroxylation is 6. The number of hydrogen-bond donors (Lipinski definition) is 0. The fourth-order valence-corrected chi connectivity index (χ4v) is 12.1. The molecule has 0 aromatic heterocycles. The van der Waals surface area contributed by atoms with Gasteiger partial charge in [-0.15, -0.1) is 0 Å². The Bertz CT molecular complexity index is 2860. The van der Waals surface area contributed by atoms with E-state index in [0.717, 1.165) is 6.42 Å². The van der Waals surface area contributed by atoms with Crippen molar-refractivity contribution in [2.45, 2.75) is 165 Å². The van der Waals surface area contributed by atoms with Crippen LogP contribution in [0.5, 0.6) is 0 Å². The minimum Gasteiger partial charge on any atom is -0.0636 e. The Morgan fingerprint density at radius 2 is 0.887 bits per heavy atom. The van der Waals surface area contributed by atoms with E-state index in [9.17, 15) is 0 Å². The third-order valence-corrected chi connectivity index (χ3v) is 15.2. The van der Waals surface area contributed by atoms with Crippen LogP contribution in [0.3, 0.4) is 0 Å². The maximum Gasteiger partial charge on any atom is 0.0357 e. The van der Waals surface area contributed by atoms with Gasteiger partial charge in [-0.05, 0) is 199 Å². The lowest BCUT2D eigenvalue weighted by atomic mass is 9.59. The largest absolute Gasteiger partial charge is 0.0636 e. The molecule has 3 unspecified atom stereocenters. The van der Waals surface area contributed by atoms with Crippen molar-refractivity contribution in [2.75, 3.05) is 0 Å². The lowest BCUT2D eigenvalue weighted by molar-refractivity contribution is 0.449. The van der Waals surface area contributed by atoms with Gasteiger partial charge in [-0.3, -0.25) is 0 Å². The Labute approximate surface area is 375 Å². The van der Waals surface area contributed by atoms with Crippen molar-refractivity contribution in [1.29, 1.82) is 0 Å². The van der Waals surface area contributed by atoms with Crippen LogP contribution in [0.4, 0.5) is 0 Å². The third-order valence-electron chi connectivity index (χ3n) is 15.2. The molecule has 0 heteroatoms. The monoisotopic (exact) mass is 817 g/mol. The second kappa shape index (κ2) is 13.9. The molecule has 0 nitrogen and oxygen atoms in total. The van der Waals surface area contributed by atoms with E-state index < -0.39 is 0 Å². The van der Waals surface area contributed by atoms with Crippen molar-refractivity contribution in [2.24, 2.45) is 5.41 Å². The van der Waals surface area contributed by atoms with Gasteiger partial charge in [0.25, 0.3) is 0 Å². The molecule has 0 saturated heterocycles. The van der Waals surface area contributed by atoms with Crippen molar-refractivity contribution in [3.63, 3.8) is 0 Å². The first kappa shape index (κ1) is 42.6. The minimum absolute atomic E-state index is 0.00232. The molecule has 0 heterocycles. The van der Waals surface area contributed by atoms with Crippen LogP contribution in [-0.4, -0.2) is 0 Å². The third kappa shape index (κ3) is 6.77. The Hall–Kier alpha value is -4.68. The molecule has 0 fully saturated rings. The van der Waals surface area contributed by atoms with Crippen LogP contribution in [0.2, 0.25) is 0 Å². The van der Waals surface area contributed by atoms with Gasteiger partial charge >= 0.3 is 0 Å². The molecule has 9 rings (SSSR count). The standard InChI is InChI=1S/C62H72/c1-33-19-35(3)53(36(4)20-33)57-49-32-50-46(31-45(49)47-27-41(59(7,8)9)23-39-25-43(61(13,14)15)29-51(57)55(39)47)48-28-42(60(10,11)12)24-40-26-44(62(16,17)18)30-52(56(40)48)58(50)54-37(5)21-34(2)22-38(54)6/h19-29,31-32,52,57-58H,30H2,1-18H3. The molecule has 0 amide bonds. The molecule has 0 spiro atoms. The van der Waals surface area contributed by atoms with Gasteiger partial charge in [0.05, 0.1) is 0 Å². The summed E-state index contributed by atoms with van der Waals surface area (Å²) in [5.74, 6) is 0.654. The molecule has 6 aromatic rings. The smallest absolute Gasteiger partial charge is 0.0357 e. The molecule has 0 bridgehead atoms. The van der Waals surface area contributed by atoms with Gasteiger partial charge in [-0.1, -0.05) is 167 Å². The Morgan fingerprint density at radius 1 is 0.403 bits per heavy atom. The summed E-state index contributed by atoms with van der Waals surface area (Å²) >= 11 is 0. The molecule has 0 radical (unpaired) electrons. The highest BCUT2D eigenvalue weighted by atomic mass is 14.5. The summed E-state index contributed by atoms with van der Waals surface area (Å²) in [5.41, 5.74) is 30.3. The summed E-state index contributed by atoms with van der Waals surface area (Å²) in [6, 6.07) is 30.6. The van der Waals surface area contributed by atoms with Gasteiger partial charge in [0, 0.05) is 11.8 Å². The number of rotatable bonds is 2. The summed E-state index contributed by atoms with van der Waals surface area (Å²) < 4.78 is 0. The van der Waals surface area contributed by atoms with Crippen LogP contribution in [0.15, 0.2) is 78.4 Å². The molecule has 320 valence electrons. The van der Waals surface area contributed by atoms with Crippen LogP contribution >= 0.6 is 0 Å². The average molecular weight is 817 g/mol. The molecular weight excluding hydrogens is 745 g/mol. The molecule has 3 aliphatic rings. The SMILES string of the molecule is Cc1cc(C)c(C2c3cc4c(cc3-c3cc(C(C)(C)C)cc5cc(C(C)(C)C)cc2c35)-c2cc(C(C)(C)C)cc3c2C(CC(C(C)(C)C)=C3)C4c2c(C)cc(C)cc2C)c(C)c1. The highest BCUT2D eigenvalue weighted by molar-refractivity contribution is 6.05. The van der Waals surface area contributed by atoms with Gasteiger partial charge < -0.3 is 0 Å². The van der Waals surface area contributed by atoms with Crippen LogP contribution in [0.25, 0.3) is 39.1 Å². The van der Waals surface area contributed by atoms with Crippen LogP contribution in [-0.2, 0) is 16.2 Å². The van der Waals surface area contributed by atoms with Crippen LogP contribution in [0, 0.1) is 47.0 Å². The van der Waals surface area contributed by atoms with E-state index in [1.807, 2.05) is 0 Å². The van der Waals surface area contributed by atoms with E-state index in [-0.39, 0.29) is 33.5 Å². The highest BCUT2D eigenvalue weighted by Gasteiger charge is 2.44. The molecule has 6 aromatic carbocycles.